The number of amides is 1. The molecule has 0 radical (unpaired) electrons. The number of piperazine rings is 1. The number of piperidine rings is 1. The fourth-order valence-electron chi connectivity index (χ4n) is 7.15. The summed E-state index contributed by atoms with van der Waals surface area (Å²) >= 11 is 0. The normalized spacial score (nSPS) is 30.4. The fraction of sp³-hybridized carbons (Fsp3) is 0.821. The number of halogens is 3. The first-order valence-electron chi connectivity index (χ1n) is 15.2. The minimum Gasteiger partial charge on any atom is -0.378 e. The van der Waals surface area contributed by atoms with Gasteiger partial charge in [0.15, 0.2) is 0 Å². The number of fused-ring (bicyclic) bond motifs is 2. The molecule has 10 nitrogen and oxygen atoms in total. The number of aromatic nitrogens is 2. The first kappa shape index (κ1) is 28.9. The quantitative estimate of drug-likeness (QED) is 0.427. The van der Waals surface area contributed by atoms with Crippen LogP contribution in [0.3, 0.4) is 0 Å². The Labute approximate surface area is 240 Å². The van der Waals surface area contributed by atoms with Crippen LogP contribution in [0.5, 0.6) is 0 Å². The molecule has 41 heavy (non-hydrogen) atoms. The van der Waals surface area contributed by atoms with Gasteiger partial charge in [-0.2, -0.15) is 18.2 Å². The number of hydrogen-bond acceptors (Lipinski definition) is 9. The SMILES string of the molecule is CN1CCN(C2CCN(C3CC(Nc4ncc(C(F)(F)F)c(NCCCN5C(=O)C6COCC5C6)n4)C3)CC2)CC1. The van der Waals surface area contributed by atoms with Gasteiger partial charge in [-0.05, 0) is 58.7 Å². The summed E-state index contributed by atoms with van der Waals surface area (Å²) in [6, 6.07) is 1.43. The van der Waals surface area contributed by atoms with Gasteiger partial charge in [-0.15, -0.1) is 0 Å². The maximum atomic E-state index is 13.7. The number of anilines is 2. The summed E-state index contributed by atoms with van der Waals surface area (Å²) in [4.78, 5) is 30.1. The zero-order chi connectivity index (χ0) is 28.6. The summed E-state index contributed by atoms with van der Waals surface area (Å²) in [5.41, 5.74) is -0.876. The van der Waals surface area contributed by atoms with E-state index in [9.17, 15) is 18.0 Å². The zero-order valence-electron chi connectivity index (χ0n) is 23.9. The zero-order valence-corrected chi connectivity index (χ0v) is 23.9. The van der Waals surface area contributed by atoms with Gasteiger partial charge >= 0.3 is 6.18 Å². The minimum absolute atomic E-state index is 0.0750. The van der Waals surface area contributed by atoms with Crippen LogP contribution >= 0.6 is 0 Å². The van der Waals surface area contributed by atoms with E-state index >= 15 is 0 Å². The molecule has 0 spiro atoms. The number of alkyl halides is 3. The number of likely N-dealkylation sites (N-methyl/N-ethyl adjacent to an activating group) is 1. The second kappa shape index (κ2) is 12.2. The maximum absolute atomic E-state index is 13.7. The van der Waals surface area contributed by atoms with Crippen LogP contribution < -0.4 is 10.6 Å². The standard InChI is InChI=1S/C28H43F3N8O2/c1-36-9-11-38(12-10-36)21-3-7-37(8-4-21)22-14-20(15-22)34-27-33-16-24(28(29,30)31)25(35-27)32-5-2-6-39-23-13-19(26(39)40)17-41-18-23/h16,19-23H,2-15,17-18H2,1H3,(H2,32,33,34,35). The summed E-state index contributed by atoms with van der Waals surface area (Å²) in [7, 11) is 2.19. The number of hydrogen-bond donors (Lipinski definition) is 2. The molecule has 2 N–H and O–H groups in total. The molecule has 1 amide bonds. The Morgan fingerprint density at radius 1 is 0.976 bits per heavy atom. The molecular formula is C28H43F3N8O2. The number of nitrogens with one attached hydrogen (secondary N) is 2. The second-order valence-electron chi connectivity index (χ2n) is 12.5. The summed E-state index contributed by atoms with van der Waals surface area (Å²) in [5.74, 6) is 0.0225. The molecule has 2 unspecified atom stereocenters. The molecule has 1 saturated carbocycles. The fourth-order valence-corrected chi connectivity index (χ4v) is 7.15. The number of nitrogens with zero attached hydrogens (tertiary/aromatic N) is 6. The summed E-state index contributed by atoms with van der Waals surface area (Å²) in [5, 5.41) is 6.13. The third kappa shape index (κ3) is 6.57. The lowest BCUT2D eigenvalue weighted by molar-refractivity contribution is -0.137. The van der Waals surface area contributed by atoms with Crippen LogP contribution in [-0.4, -0.2) is 132 Å². The van der Waals surface area contributed by atoms with Gasteiger partial charge in [0.1, 0.15) is 11.4 Å². The van der Waals surface area contributed by atoms with Gasteiger partial charge in [-0.3, -0.25) is 9.69 Å². The van der Waals surface area contributed by atoms with Gasteiger partial charge < -0.3 is 30.1 Å². The van der Waals surface area contributed by atoms with E-state index in [4.69, 9.17) is 4.74 Å². The van der Waals surface area contributed by atoms with Crippen LogP contribution in [0.4, 0.5) is 24.9 Å². The summed E-state index contributed by atoms with van der Waals surface area (Å²) in [6.07, 6.45) is 1.94. The van der Waals surface area contributed by atoms with E-state index in [1.54, 1.807) is 0 Å². The third-order valence-corrected chi connectivity index (χ3v) is 9.74. The first-order chi connectivity index (χ1) is 19.7. The highest BCUT2D eigenvalue weighted by atomic mass is 19.4. The second-order valence-corrected chi connectivity index (χ2v) is 12.5. The van der Waals surface area contributed by atoms with E-state index < -0.39 is 11.7 Å². The Morgan fingerprint density at radius 3 is 2.41 bits per heavy atom. The van der Waals surface area contributed by atoms with Crippen molar-refractivity contribution in [1.29, 1.82) is 0 Å². The van der Waals surface area contributed by atoms with Crippen LogP contribution in [0.1, 0.15) is 44.1 Å². The van der Waals surface area contributed by atoms with E-state index in [1.807, 2.05) is 4.90 Å². The van der Waals surface area contributed by atoms with Crippen molar-refractivity contribution < 1.29 is 22.7 Å². The van der Waals surface area contributed by atoms with Crippen LogP contribution in [0.25, 0.3) is 0 Å². The lowest BCUT2D eigenvalue weighted by Gasteiger charge is -2.48. The lowest BCUT2D eigenvalue weighted by atomic mass is 9.84. The number of likely N-dealkylation sites (tertiary alicyclic amines) is 2. The highest BCUT2D eigenvalue weighted by Crippen LogP contribution is 2.35. The topological polar surface area (TPSA) is 89.1 Å². The number of ether oxygens (including phenoxy) is 1. The summed E-state index contributed by atoms with van der Waals surface area (Å²) in [6.45, 7) is 8.60. The molecule has 0 aromatic carbocycles. The predicted octanol–water partition coefficient (Wildman–Crippen LogP) is 2.20. The van der Waals surface area contributed by atoms with E-state index in [0.29, 0.717) is 38.3 Å². The van der Waals surface area contributed by atoms with Gasteiger partial charge in [0.2, 0.25) is 11.9 Å². The van der Waals surface area contributed by atoms with Crippen molar-refractivity contribution in [3.05, 3.63) is 11.8 Å². The van der Waals surface area contributed by atoms with Gasteiger partial charge in [-0.25, -0.2) is 4.98 Å². The van der Waals surface area contributed by atoms with Crippen LogP contribution in [-0.2, 0) is 15.7 Å². The van der Waals surface area contributed by atoms with E-state index in [2.05, 4.69) is 42.3 Å². The molecule has 4 saturated heterocycles. The number of rotatable bonds is 9. The largest absolute Gasteiger partial charge is 0.421 e. The molecule has 1 aromatic rings. The molecule has 6 rings (SSSR count). The van der Waals surface area contributed by atoms with Crippen LogP contribution in [0, 0.1) is 5.92 Å². The van der Waals surface area contributed by atoms with Gasteiger partial charge in [0.25, 0.3) is 0 Å². The van der Waals surface area contributed by atoms with Crippen molar-refractivity contribution in [1.82, 2.24) is 29.6 Å². The van der Waals surface area contributed by atoms with Gasteiger partial charge in [-0.1, -0.05) is 0 Å². The minimum atomic E-state index is -4.56. The predicted molar refractivity (Wildman–Crippen MR) is 149 cm³/mol. The molecule has 4 aliphatic heterocycles. The number of carbonyl (C=O) groups excluding carboxylic acids is 1. The molecule has 5 heterocycles. The highest BCUT2D eigenvalue weighted by molar-refractivity contribution is 5.82. The van der Waals surface area contributed by atoms with Crippen molar-refractivity contribution in [2.24, 2.45) is 5.92 Å². The molecule has 2 bridgehead atoms. The van der Waals surface area contributed by atoms with Crippen molar-refractivity contribution in [3.63, 3.8) is 0 Å². The molecule has 1 aromatic heterocycles. The van der Waals surface area contributed by atoms with Crippen molar-refractivity contribution >= 4 is 17.7 Å². The van der Waals surface area contributed by atoms with Gasteiger partial charge in [0.05, 0.1) is 25.2 Å². The molecule has 13 heteroatoms. The van der Waals surface area contributed by atoms with Crippen molar-refractivity contribution in [3.8, 4) is 0 Å². The molecule has 5 fully saturated rings. The van der Waals surface area contributed by atoms with E-state index in [0.717, 1.165) is 64.7 Å². The average molecular weight is 581 g/mol. The van der Waals surface area contributed by atoms with E-state index in [-0.39, 0.29) is 42.2 Å². The Hall–Kier alpha value is -2.22. The van der Waals surface area contributed by atoms with Crippen molar-refractivity contribution in [2.75, 3.05) is 83.3 Å². The van der Waals surface area contributed by atoms with Gasteiger partial charge in [0, 0.05) is 63.6 Å². The lowest BCUT2D eigenvalue weighted by Crippen LogP contribution is -2.56. The molecule has 2 atom stereocenters. The average Bonchev–Trinajstić information content (AvgIpc) is 3.15. The number of carbonyl (C=O) groups is 1. The molecule has 1 aliphatic carbocycles. The smallest absolute Gasteiger partial charge is 0.378 e. The summed E-state index contributed by atoms with van der Waals surface area (Å²) < 4.78 is 46.5. The van der Waals surface area contributed by atoms with Crippen LogP contribution in [0.2, 0.25) is 0 Å². The Kier molecular flexibility index (Phi) is 8.58. The Balaban J connectivity index is 0.965. The molecule has 5 aliphatic rings. The molecular weight excluding hydrogens is 537 g/mol. The monoisotopic (exact) mass is 580 g/mol. The Bertz CT molecular complexity index is 1060. The maximum Gasteiger partial charge on any atom is 0.421 e. The molecule has 228 valence electrons. The Morgan fingerprint density at radius 2 is 1.71 bits per heavy atom. The van der Waals surface area contributed by atoms with E-state index in [1.165, 1.54) is 12.8 Å². The third-order valence-electron chi connectivity index (χ3n) is 9.74. The van der Waals surface area contributed by atoms with Crippen molar-refractivity contribution in [2.45, 2.75) is 68.9 Å². The first-order valence-corrected chi connectivity index (χ1v) is 15.2. The highest BCUT2D eigenvalue weighted by Gasteiger charge is 2.42. The van der Waals surface area contributed by atoms with Crippen LogP contribution in [0.15, 0.2) is 6.20 Å².